The van der Waals surface area contributed by atoms with Gasteiger partial charge in [-0.05, 0) is 12.1 Å². The van der Waals surface area contributed by atoms with Gasteiger partial charge in [-0.25, -0.2) is 4.79 Å². The number of benzene rings is 1. The summed E-state index contributed by atoms with van der Waals surface area (Å²) in [5, 5.41) is 8.57. The van der Waals surface area contributed by atoms with Crippen LogP contribution in [0.3, 0.4) is 0 Å². The maximum absolute atomic E-state index is 11.2. The van der Waals surface area contributed by atoms with Gasteiger partial charge in [0.15, 0.2) is 0 Å². The number of hydrogen-bond acceptors (Lipinski definition) is 4. The molecular weight excluding hydrogens is 184 g/mol. The number of carbonyl (C=O) groups excluding carboxylic acids is 1. The molecule has 1 rings (SSSR count). The molecule has 76 valence electrons. The van der Waals surface area contributed by atoms with E-state index in [9.17, 15) is 4.79 Å². The van der Waals surface area contributed by atoms with Crippen LogP contribution in [0.15, 0.2) is 24.3 Å². The number of methoxy groups -OCH3 is 1. The van der Waals surface area contributed by atoms with Crippen molar-refractivity contribution in [3.63, 3.8) is 0 Å². The topological polar surface area (TPSA) is 55.8 Å². The van der Waals surface area contributed by atoms with E-state index in [0.29, 0.717) is 11.3 Å². The molecule has 0 bridgehead atoms. The molecule has 0 aliphatic rings. The minimum atomic E-state index is -0.446. The molecule has 1 N–H and O–H groups in total. The van der Waals surface area contributed by atoms with Crippen LogP contribution in [-0.2, 0) is 4.74 Å². The second-order valence-corrected chi connectivity index (χ2v) is 2.56. The highest BCUT2D eigenvalue weighted by atomic mass is 16.5. The van der Waals surface area contributed by atoms with Gasteiger partial charge in [0.25, 0.3) is 0 Å². The smallest absolute Gasteiger partial charge is 0.341 e. The van der Waals surface area contributed by atoms with E-state index in [0.717, 1.165) is 0 Å². The van der Waals surface area contributed by atoms with E-state index in [-0.39, 0.29) is 13.2 Å². The lowest BCUT2D eigenvalue weighted by molar-refractivity contribution is 0.0594. The third kappa shape index (κ3) is 2.47. The largest absolute Gasteiger partial charge is 0.490 e. The molecule has 0 radical (unpaired) electrons. The van der Waals surface area contributed by atoms with Crippen LogP contribution in [0, 0.1) is 0 Å². The number of esters is 1. The lowest BCUT2D eigenvalue weighted by Gasteiger charge is -2.08. The molecule has 0 amide bonds. The van der Waals surface area contributed by atoms with Crippen molar-refractivity contribution in [2.45, 2.75) is 0 Å². The second-order valence-electron chi connectivity index (χ2n) is 2.56. The number of carbonyl (C=O) groups is 1. The first kappa shape index (κ1) is 10.5. The van der Waals surface area contributed by atoms with Crippen LogP contribution in [-0.4, -0.2) is 31.4 Å². The van der Waals surface area contributed by atoms with Crippen LogP contribution in [0.2, 0.25) is 0 Å². The summed E-state index contributed by atoms with van der Waals surface area (Å²) in [5.41, 5.74) is 0.364. The highest BCUT2D eigenvalue weighted by Crippen LogP contribution is 2.18. The summed E-state index contributed by atoms with van der Waals surface area (Å²) in [6, 6.07) is 6.73. The van der Waals surface area contributed by atoms with E-state index < -0.39 is 5.97 Å². The molecule has 0 unspecified atom stereocenters. The van der Waals surface area contributed by atoms with Crippen molar-refractivity contribution in [3.8, 4) is 5.75 Å². The Kier molecular flexibility index (Phi) is 3.94. The Bertz CT molecular complexity index is 309. The predicted molar refractivity (Wildman–Crippen MR) is 50.4 cm³/mol. The molecule has 0 saturated carbocycles. The first-order chi connectivity index (χ1) is 6.79. The lowest BCUT2D eigenvalue weighted by atomic mass is 10.2. The van der Waals surface area contributed by atoms with Crippen molar-refractivity contribution in [1.29, 1.82) is 0 Å². The number of ether oxygens (including phenoxy) is 2. The average Bonchev–Trinajstić information content (AvgIpc) is 2.25. The molecule has 0 aliphatic carbocycles. The van der Waals surface area contributed by atoms with Crippen LogP contribution < -0.4 is 4.74 Å². The molecule has 1 aromatic carbocycles. The Morgan fingerprint density at radius 2 is 2.14 bits per heavy atom. The molecule has 4 nitrogen and oxygen atoms in total. The molecule has 0 saturated heterocycles. The third-order valence-electron chi connectivity index (χ3n) is 1.64. The number of para-hydroxylation sites is 1. The SMILES string of the molecule is COC(=O)c1ccccc1OCCO. The van der Waals surface area contributed by atoms with Crippen LogP contribution >= 0.6 is 0 Å². The van der Waals surface area contributed by atoms with E-state index >= 15 is 0 Å². The second kappa shape index (κ2) is 5.24. The van der Waals surface area contributed by atoms with Crippen molar-refractivity contribution in [3.05, 3.63) is 29.8 Å². The summed E-state index contributed by atoms with van der Waals surface area (Å²) in [6.45, 7) is 0.0729. The van der Waals surface area contributed by atoms with Gasteiger partial charge in [0.05, 0.1) is 13.7 Å². The summed E-state index contributed by atoms with van der Waals surface area (Å²) >= 11 is 0. The molecule has 0 fully saturated rings. The summed E-state index contributed by atoms with van der Waals surface area (Å²) in [5.74, 6) is -0.0214. The Morgan fingerprint density at radius 3 is 2.79 bits per heavy atom. The highest BCUT2D eigenvalue weighted by molar-refractivity contribution is 5.92. The van der Waals surface area contributed by atoms with Crippen molar-refractivity contribution in [2.75, 3.05) is 20.3 Å². The van der Waals surface area contributed by atoms with Crippen LogP contribution in [0.25, 0.3) is 0 Å². The summed E-state index contributed by atoms with van der Waals surface area (Å²) in [4.78, 5) is 11.2. The Balaban J connectivity index is 2.85. The fourth-order valence-corrected chi connectivity index (χ4v) is 1.03. The first-order valence-corrected chi connectivity index (χ1v) is 4.20. The maximum Gasteiger partial charge on any atom is 0.341 e. The molecule has 4 heteroatoms. The molecule has 0 atom stereocenters. The minimum absolute atomic E-state index is 0.0878. The number of rotatable bonds is 4. The van der Waals surface area contributed by atoms with Gasteiger partial charge in [0, 0.05) is 0 Å². The van der Waals surface area contributed by atoms with Crippen molar-refractivity contribution >= 4 is 5.97 Å². The van der Waals surface area contributed by atoms with Crippen molar-refractivity contribution in [1.82, 2.24) is 0 Å². The molecule has 1 aromatic rings. The van der Waals surface area contributed by atoms with Crippen molar-refractivity contribution in [2.24, 2.45) is 0 Å². The molecular formula is C10H12O4. The molecule has 0 aliphatic heterocycles. The lowest BCUT2D eigenvalue weighted by Crippen LogP contribution is -2.08. The fraction of sp³-hybridized carbons (Fsp3) is 0.300. The van der Waals surface area contributed by atoms with Gasteiger partial charge >= 0.3 is 5.97 Å². The fourth-order valence-electron chi connectivity index (χ4n) is 1.03. The number of hydrogen-bond donors (Lipinski definition) is 1. The molecule has 0 aromatic heterocycles. The normalized spacial score (nSPS) is 9.57. The summed E-state index contributed by atoms with van der Waals surface area (Å²) < 4.78 is 9.73. The van der Waals surface area contributed by atoms with Crippen molar-refractivity contribution < 1.29 is 19.4 Å². The summed E-state index contributed by atoms with van der Waals surface area (Å²) in [6.07, 6.45) is 0. The quantitative estimate of drug-likeness (QED) is 0.725. The minimum Gasteiger partial charge on any atom is -0.490 e. The van der Waals surface area contributed by atoms with Gasteiger partial charge in [-0.1, -0.05) is 12.1 Å². The van der Waals surface area contributed by atoms with Gasteiger partial charge < -0.3 is 14.6 Å². The molecule has 14 heavy (non-hydrogen) atoms. The number of aliphatic hydroxyl groups is 1. The molecule has 0 heterocycles. The van der Waals surface area contributed by atoms with E-state index in [1.54, 1.807) is 24.3 Å². The Morgan fingerprint density at radius 1 is 1.43 bits per heavy atom. The van der Waals surface area contributed by atoms with Gasteiger partial charge in [0.1, 0.15) is 17.9 Å². The zero-order chi connectivity index (χ0) is 10.4. The summed E-state index contributed by atoms with van der Waals surface area (Å²) in [7, 11) is 1.31. The highest BCUT2D eigenvalue weighted by Gasteiger charge is 2.11. The predicted octanol–water partition coefficient (Wildman–Crippen LogP) is 0.844. The van der Waals surface area contributed by atoms with E-state index in [4.69, 9.17) is 9.84 Å². The van der Waals surface area contributed by atoms with Crippen LogP contribution in [0.4, 0.5) is 0 Å². The Labute approximate surface area is 82.1 Å². The first-order valence-electron chi connectivity index (χ1n) is 4.20. The van der Waals surface area contributed by atoms with Gasteiger partial charge in [-0.2, -0.15) is 0 Å². The van der Waals surface area contributed by atoms with Crippen LogP contribution in [0.1, 0.15) is 10.4 Å². The molecule has 0 spiro atoms. The monoisotopic (exact) mass is 196 g/mol. The maximum atomic E-state index is 11.2. The van der Waals surface area contributed by atoms with E-state index in [1.165, 1.54) is 7.11 Å². The van der Waals surface area contributed by atoms with E-state index in [1.807, 2.05) is 0 Å². The zero-order valence-corrected chi connectivity index (χ0v) is 7.90. The average molecular weight is 196 g/mol. The van der Waals surface area contributed by atoms with Gasteiger partial charge in [-0.15, -0.1) is 0 Å². The number of aliphatic hydroxyl groups excluding tert-OH is 1. The van der Waals surface area contributed by atoms with Gasteiger partial charge in [0.2, 0.25) is 0 Å². The third-order valence-corrected chi connectivity index (χ3v) is 1.64. The zero-order valence-electron chi connectivity index (χ0n) is 7.90. The van der Waals surface area contributed by atoms with E-state index in [2.05, 4.69) is 4.74 Å². The van der Waals surface area contributed by atoms with Crippen LogP contribution in [0.5, 0.6) is 5.75 Å². The standard InChI is InChI=1S/C10H12O4/c1-13-10(12)8-4-2-3-5-9(8)14-7-6-11/h2-5,11H,6-7H2,1H3. The Hall–Kier alpha value is -1.55. The van der Waals surface area contributed by atoms with Gasteiger partial charge in [-0.3, -0.25) is 0 Å².